The molecule has 1 N–H and O–H groups in total. The van der Waals surface area contributed by atoms with Crippen LogP contribution in [0.25, 0.3) is 0 Å². The Morgan fingerprint density at radius 3 is 2.76 bits per heavy atom. The van der Waals surface area contributed by atoms with Crippen molar-refractivity contribution in [1.29, 1.82) is 0 Å². The maximum Gasteiger partial charge on any atom is 0.290 e. The van der Waals surface area contributed by atoms with Gasteiger partial charge < -0.3 is 9.63 Å². The van der Waals surface area contributed by atoms with E-state index in [-0.39, 0.29) is 19.1 Å². The molecule has 0 unspecified atom stereocenters. The van der Waals surface area contributed by atoms with E-state index in [0.29, 0.717) is 25.3 Å². The first-order valence-electron chi connectivity index (χ1n) is 5.65. The molecule has 0 bridgehead atoms. The van der Waals surface area contributed by atoms with Crippen molar-refractivity contribution < 1.29 is 14.4 Å². The largest absolute Gasteiger partial charge is 0.396 e. The summed E-state index contributed by atoms with van der Waals surface area (Å²) in [4.78, 5) is 25.0. The molecule has 1 heterocycles. The van der Waals surface area contributed by atoms with Gasteiger partial charge in [0.2, 0.25) is 0 Å². The second-order valence-corrected chi connectivity index (χ2v) is 3.82. The smallest absolute Gasteiger partial charge is 0.290 e. The first-order valence-corrected chi connectivity index (χ1v) is 5.65. The van der Waals surface area contributed by atoms with Gasteiger partial charge in [-0.3, -0.25) is 14.5 Å². The van der Waals surface area contributed by atoms with Gasteiger partial charge in [0.05, 0.1) is 6.54 Å². The van der Waals surface area contributed by atoms with Crippen LogP contribution in [0.3, 0.4) is 0 Å². The lowest BCUT2D eigenvalue weighted by atomic mass is 10.3. The van der Waals surface area contributed by atoms with E-state index in [0.717, 1.165) is 4.74 Å². The third-order valence-electron chi connectivity index (χ3n) is 2.43. The molecule has 17 heavy (non-hydrogen) atoms. The summed E-state index contributed by atoms with van der Waals surface area (Å²) in [5.74, 6) is 0.0321. The molecule has 0 amide bonds. The Labute approximate surface area is 99.4 Å². The predicted octanol–water partition coefficient (Wildman–Crippen LogP) is 0.0942. The Morgan fingerprint density at radius 1 is 1.59 bits per heavy atom. The van der Waals surface area contributed by atoms with Crippen molar-refractivity contribution in [2.75, 3.05) is 26.2 Å². The minimum atomic E-state index is -0.439. The highest BCUT2D eigenvalue weighted by Gasteiger charge is 2.15. The van der Waals surface area contributed by atoms with Crippen molar-refractivity contribution in [2.45, 2.75) is 20.3 Å². The van der Waals surface area contributed by atoms with Crippen LogP contribution >= 0.6 is 0 Å². The van der Waals surface area contributed by atoms with Crippen LogP contribution in [0.15, 0.2) is 15.4 Å². The van der Waals surface area contributed by atoms with Crippen LogP contribution in [-0.2, 0) is 0 Å². The Hall–Kier alpha value is -1.40. The number of carbonyl (C=O) groups excluding carboxylic acids is 1. The van der Waals surface area contributed by atoms with Crippen LogP contribution in [0.4, 0.5) is 0 Å². The third-order valence-corrected chi connectivity index (χ3v) is 2.43. The summed E-state index contributed by atoms with van der Waals surface area (Å²) in [6.07, 6.45) is 0.604. The van der Waals surface area contributed by atoms with Gasteiger partial charge in [-0.2, -0.15) is 0 Å². The lowest BCUT2D eigenvalue weighted by Crippen LogP contribution is -2.36. The van der Waals surface area contributed by atoms with Gasteiger partial charge >= 0.3 is 0 Å². The van der Waals surface area contributed by atoms with Gasteiger partial charge in [-0.25, -0.2) is 0 Å². The number of aliphatic hydroxyl groups is 1. The van der Waals surface area contributed by atoms with Crippen molar-refractivity contribution in [2.24, 2.45) is 0 Å². The molecule has 1 aromatic heterocycles. The van der Waals surface area contributed by atoms with E-state index in [4.69, 9.17) is 9.63 Å². The Balaban J connectivity index is 2.64. The first-order chi connectivity index (χ1) is 8.08. The highest BCUT2D eigenvalue weighted by Crippen LogP contribution is 1.96. The van der Waals surface area contributed by atoms with Gasteiger partial charge in [-0.05, 0) is 19.9 Å². The summed E-state index contributed by atoms with van der Waals surface area (Å²) >= 11 is 0. The molecule has 0 aliphatic rings. The van der Waals surface area contributed by atoms with Crippen molar-refractivity contribution >= 4 is 5.91 Å². The van der Waals surface area contributed by atoms with Crippen molar-refractivity contribution in [3.8, 4) is 0 Å². The zero-order valence-corrected chi connectivity index (χ0v) is 10.2. The molecule has 96 valence electrons. The Kier molecular flexibility index (Phi) is 5.11. The number of aryl methyl sites for hydroxylation is 1. The van der Waals surface area contributed by atoms with Gasteiger partial charge in [-0.15, -0.1) is 4.74 Å². The van der Waals surface area contributed by atoms with Gasteiger partial charge in [0, 0.05) is 19.2 Å². The molecule has 6 heteroatoms. The second-order valence-electron chi connectivity index (χ2n) is 3.82. The van der Waals surface area contributed by atoms with Crippen LogP contribution in [0.5, 0.6) is 0 Å². The molecule has 1 rings (SSSR count). The van der Waals surface area contributed by atoms with Crippen LogP contribution < -0.4 is 5.56 Å². The first kappa shape index (κ1) is 13.7. The van der Waals surface area contributed by atoms with Crippen molar-refractivity contribution in [3.05, 3.63) is 22.2 Å². The summed E-state index contributed by atoms with van der Waals surface area (Å²) in [6, 6.07) is 1.28. The number of likely N-dealkylation sites (N-methyl/N-ethyl adjacent to an activating group) is 1. The fourth-order valence-corrected chi connectivity index (χ4v) is 1.52. The molecule has 0 atom stereocenters. The molecule has 0 fully saturated rings. The van der Waals surface area contributed by atoms with Crippen LogP contribution in [0.1, 0.15) is 23.9 Å². The Morgan fingerprint density at radius 2 is 2.29 bits per heavy atom. The van der Waals surface area contributed by atoms with E-state index in [1.807, 2.05) is 11.8 Å². The number of nitrogens with zero attached hydrogens (tertiary/aromatic N) is 2. The number of aromatic nitrogens is 1. The van der Waals surface area contributed by atoms with Crippen LogP contribution in [0.2, 0.25) is 0 Å². The predicted molar refractivity (Wildman–Crippen MR) is 62.1 cm³/mol. The van der Waals surface area contributed by atoms with Gasteiger partial charge in [-0.1, -0.05) is 6.92 Å². The molecule has 0 aliphatic carbocycles. The number of hydrogen-bond acceptors (Lipinski definition) is 5. The minimum Gasteiger partial charge on any atom is -0.396 e. The topological polar surface area (TPSA) is 75.7 Å². The monoisotopic (exact) mass is 242 g/mol. The normalized spacial score (nSPS) is 11.1. The number of hydrogen-bond donors (Lipinski definition) is 1. The number of rotatable bonds is 6. The molecule has 0 saturated carbocycles. The van der Waals surface area contributed by atoms with E-state index < -0.39 is 5.56 Å². The van der Waals surface area contributed by atoms with Crippen molar-refractivity contribution in [1.82, 2.24) is 9.64 Å². The van der Waals surface area contributed by atoms with Crippen LogP contribution in [-0.4, -0.2) is 46.9 Å². The highest BCUT2D eigenvalue weighted by molar-refractivity contribution is 5.79. The highest BCUT2D eigenvalue weighted by atomic mass is 16.5. The fraction of sp³-hybridized carbons (Fsp3) is 0.636. The van der Waals surface area contributed by atoms with E-state index in [1.165, 1.54) is 6.07 Å². The molecule has 1 aromatic rings. The zero-order chi connectivity index (χ0) is 12.8. The lowest BCUT2D eigenvalue weighted by Gasteiger charge is -2.18. The lowest BCUT2D eigenvalue weighted by molar-refractivity contribution is 0.0713. The maximum absolute atomic E-state index is 11.8. The third kappa shape index (κ3) is 3.83. The quantitative estimate of drug-likeness (QED) is 0.765. The SMILES string of the molecule is CCN(CCCO)CC(=O)n1oc(C)cc1=O. The van der Waals surface area contributed by atoms with E-state index in [1.54, 1.807) is 6.92 Å². The zero-order valence-electron chi connectivity index (χ0n) is 10.2. The Bertz CT molecular complexity index is 421. The van der Waals surface area contributed by atoms with E-state index >= 15 is 0 Å². The molecule has 6 nitrogen and oxygen atoms in total. The maximum atomic E-state index is 11.8. The fourth-order valence-electron chi connectivity index (χ4n) is 1.52. The average Bonchev–Trinajstić information content (AvgIpc) is 2.63. The molecule has 0 saturated heterocycles. The molecular formula is C11H18N2O4. The number of carbonyl (C=O) groups is 1. The summed E-state index contributed by atoms with van der Waals surface area (Å²) in [6.45, 7) is 5.04. The van der Waals surface area contributed by atoms with Crippen LogP contribution in [0, 0.1) is 6.92 Å². The molecule has 0 radical (unpaired) electrons. The van der Waals surface area contributed by atoms with Crippen molar-refractivity contribution in [3.63, 3.8) is 0 Å². The van der Waals surface area contributed by atoms with Gasteiger partial charge in [0.1, 0.15) is 5.76 Å². The molecule has 0 spiro atoms. The van der Waals surface area contributed by atoms with E-state index in [9.17, 15) is 9.59 Å². The summed E-state index contributed by atoms with van der Waals surface area (Å²) in [7, 11) is 0. The molecule has 0 aliphatic heterocycles. The standard InChI is InChI=1S/C11H18N2O4/c1-3-12(5-4-6-14)8-11(16)13-10(15)7-9(2)17-13/h7,14H,3-6,8H2,1-2H3. The molecular weight excluding hydrogens is 224 g/mol. The summed E-state index contributed by atoms with van der Waals surface area (Å²) in [5.41, 5.74) is -0.439. The summed E-state index contributed by atoms with van der Waals surface area (Å²) < 4.78 is 5.78. The average molecular weight is 242 g/mol. The molecule has 0 aromatic carbocycles. The second kappa shape index (κ2) is 6.36. The van der Waals surface area contributed by atoms with E-state index in [2.05, 4.69) is 0 Å². The number of aliphatic hydroxyl groups excluding tert-OH is 1. The van der Waals surface area contributed by atoms with Gasteiger partial charge in [0.25, 0.3) is 11.5 Å². The minimum absolute atomic E-state index is 0.0878. The van der Waals surface area contributed by atoms with Gasteiger partial charge in [0.15, 0.2) is 0 Å². The summed E-state index contributed by atoms with van der Waals surface area (Å²) in [5, 5.41) is 8.72.